The van der Waals surface area contributed by atoms with Crippen LogP contribution in [0.2, 0.25) is 0 Å². The molecule has 0 fully saturated rings. The maximum Gasteiger partial charge on any atom is 0.344 e. The standard InChI is InChI=1S/C23H25N3O4/c1-15-10-11-20(12-16(15)2)29-14-22(28)30-13-21(27)24-23-17(3)25-26(18(23)4)19-8-6-5-7-9-19/h5-12H,13-14H2,1-4H3,(H,24,27). The average Bonchev–Trinajstić information content (AvgIpc) is 3.02. The van der Waals surface area contributed by atoms with Crippen molar-refractivity contribution < 1.29 is 19.1 Å². The minimum absolute atomic E-state index is 0.264. The number of hydrogen-bond donors (Lipinski definition) is 1. The number of benzene rings is 2. The second-order valence-corrected chi connectivity index (χ2v) is 7.04. The molecule has 7 heteroatoms. The molecule has 156 valence electrons. The first-order chi connectivity index (χ1) is 14.3. The summed E-state index contributed by atoms with van der Waals surface area (Å²) in [5.74, 6) is -0.468. The van der Waals surface area contributed by atoms with Crippen molar-refractivity contribution in [2.45, 2.75) is 27.7 Å². The Kier molecular flexibility index (Phi) is 6.51. The number of hydrogen-bond acceptors (Lipinski definition) is 5. The Morgan fingerprint density at radius 3 is 2.40 bits per heavy atom. The Bertz CT molecular complexity index is 1060. The lowest BCUT2D eigenvalue weighted by Crippen LogP contribution is -2.24. The smallest absolute Gasteiger partial charge is 0.344 e. The number of ether oxygens (including phenoxy) is 2. The molecule has 2 aromatic carbocycles. The summed E-state index contributed by atoms with van der Waals surface area (Å²) in [5.41, 5.74) is 5.18. The molecular weight excluding hydrogens is 382 g/mol. The van der Waals surface area contributed by atoms with Crippen molar-refractivity contribution in [2.75, 3.05) is 18.5 Å². The molecule has 0 saturated heterocycles. The quantitative estimate of drug-likeness (QED) is 0.605. The van der Waals surface area contributed by atoms with Crippen molar-refractivity contribution in [3.8, 4) is 11.4 Å². The van der Waals surface area contributed by atoms with Crippen LogP contribution in [-0.2, 0) is 14.3 Å². The molecule has 1 heterocycles. The monoisotopic (exact) mass is 407 g/mol. The van der Waals surface area contributed by atoms with Crippen molar-refractivity contribution >= 4 is 17.6 Å². The summed E-state index contributed by atoms with van der Waals surface area (Å²) in [6, 6.07) is 15.2. The van der Waals surface area contributed by atoms with E-state index in [1.165, 1.54) is 0 Å². The third kappa shape index (κ3) is 5.05. The molecule has 1 amide bonds. The number of aromatic nitrogens is 2. The molecule has 0 atom stereocenters. The molecule has 0 aliphatic heterocycles. The fourth-order valence-electron chi connectivity index (χ4n) is 2.95. The highest BCUT2D eigenvalue weighted by Crippen LogP contribution is 2.22. The lowest BCUT2D eigenvalue weighted by molar-refractivity contribution is -0.149. The zero-order chi connectivity index (χ0) is 21.7. The van der Waals surface area contributed by atoms with Crippen molar-refractivity contribution in [1.29, 1.82) is 0 Å². The predicted octanol–water partition coefficient (Wildman–Crippen LogP) is 3.67. The van der Waals surface area contributed by atoms with Gasteiger partial charge in [0.1, 0.15) is 5.75 Å². The van der Waals surface area contributed by atoms with E-state index in [2.05, 4.69) is 10.4 Å². The molecule has 0 aliphatic carbocycles. The second kappa shape index (κ2) is 9.26. The van der Waals surface area contributed by atoms with Gasteiger partial charge in [-0.1, -0.05) is 24.3 Å². The summed E-state index contributed by atoms with van der Waals surface area (Å²) in [5, 5.41) is 7.25. The van der Waals surface area contributed by atoms with E-state index < -0.39 is 18.5 Å². The van der Waals surface area contributed by atoms with Crippen LogP contribution in [0.5, 0.6) is 5.75 Å². The van der Waals surface area contributed by atoms with Crippen LogP contribution in [-0.4, -0.2) is 34.9 Å². The Balaban J connectivity index is 1.53. The molecule has 0 bridgehead atoms. The maximum atomic E-state index is 12.3. The Morgan fingerprint density at radius 1 is 0.967 bits per heavy atom. The molecule has 0 unspecified atom stereocenters. The molecule has 7 nitrogen and oxygen atoms in total. The second-order valence-electron chi connectivity index (χ2n) is 7.04. The topological polar surface area (TPSA) is 82.4 Å². The van der Waals surface area contributed by atoms with Crippen molar-refractivity contribution in [3.63, 3.8) is 0 Å². The normalized spacial score (nSPS) is 10.5. The van der Waals surface area contributed by atoms with E-state index in [4.69, 9.17) is 9.47 Å². The summed E-state index contributed by atoms with van der Waals surface area (Å²) in [6.07, 6.45) is 0. The summed E-state index contributed by atoms with van der Waals surface area (Å²) in [4.78, 5) is 24.2. The summed E-state index contributed by atoms with van der Waals surface area (Å²) in [7, 11) is 0. The number of nitrogens with zero attached hydrogens (tertiary/aromatic N) is 2. The highest BCUT2D eigenvalue weighted by atomic mass is 16.6. The van der Waals surface area contributed by atoms with E-state index in [1.54, 1.807) is 10.7 Å². The Hall–Kier alpha value is -3.61. The molecule has 3 aromatic rings. The van der Waals surface area contributed by atoms with Crippen LogP contribution < -0.4 is 10.1 Å². The zero-order valence-electron chi connectivity index (χ0n) is 17.6. The first-order valence-corrected chi connectivity index (χ1v) is 9.62. The Morgan fingerprint density at radius 2 is 1.70 bits per heavy atom. The SMILES string of the molecule is Cc1ccc(OCC(=O)OCC(=O)Nc2c(C)nn(-c3ccccc3)c2C)cc1C. The van der Waals surface area contributed by atoms with E-state index in [9.17, 15) is 9.59 Å². The number of nitrogens with one attached hydrogen (secondary N) is 1. The minimum atomic E-state index is -0.614. The van der Waals surface area contributed by atoms with Crippen LogP contribution in [0.4, 0.5) is 5.69 Å². The summed E-state index contributed by atoms with van der Waals surface area (Å²) >= 11 is 0. The fraction of sp³-hybridized carbons (Fsp3) is 0.261. The van der Waals surface area contributed by atoms with Gasteiger partial charge in [-0.05, 0) is 63.1 Å². The van der Waals surface area contributed by atoms with Gasteiger partial charge < -0.3 is 14.8 Å². The number of carbonyl (C=O) groups excluding carboxylic acids is 2. The Labute approximate surface area is 175 Å². The van der Waals surface area contributed by atoms with Gasteiger partial charge in [-0.3, -0.25) is 4.79 Å². The number of aryl methyl sites for hydroxylation is 3. The third-order valence-corrected chi connectivity index (χ3v) is 4.76. The predicted molar refractivity (Wildman–Crippen MR) is 114 cm³/mol. The molecule has 0 spiro atoms. The van der Waals surface area contributed by atoms with Crippen molar-refractivity contribution in [2.24, 2.45) is 0 Å². The van der Waals surface area contributed by atoms with Crippen LogP contribution in [0.25, 0.3) is 5.69 Å². The molecule has 0 aliphatic rings. The van der Waals surface area contributed by atoms with Crippen LogP contribution >= 0.6 is 0 Å². The van der Waals surface area contributed by atoms with Gasteiger partial charge in [0, 0.05) is 0 Å². The fourth-order valence-corrected chi connectivity index (χ4v) is 2.95. The van der Waals surface area contributed by atoms with E-state index >= 15 is 0 Å². The number of anilines is 1. The van der Waals surface area contributed by atoms with Crippen LogP contribution in [0.15, 0.2) is 48.5 Å². The summed E-state index contributed by atoms with van der Waals surface area (Å²) in [6.45, 7) is 6.98. The first-order valence-electron chi connectivity index (χ1n) is 9.62. The van der Waals surface area contributed by atoms with Gasteiger partial charge in [0.15, 0.2) is 13.2 Å². The zero-order valence-corrected chi connectivity index (χ0v) is 17.6. The summed E-state index contributed by atoms with van der Waals surface area (Å²) < 4.78 is 12.2. The third-order valence-electron chi connectivity index (χ3n) is 4.76. The number of rotatable bonds is 7. The van der Waals surface area contributed by atoms with E-state index in [0.29, 0.717) is 17.1 Å². The van der Waals surface area contributed by atoms with Gasteiger partial charge in [-0.15, -0.1) is 0 Å². The largest absolute Gasteiger partial charge is 0.482 e. The lowest BCUT2D eigenvalue weighted by Gasteiger charge is -2.09. The molecule has 30 heavy (non-hydrogen) atoms. The molecule has 3 rings (SSSR count). The highest BCUT2D eigenvalue weighted by molar-refractivity contribution is 5.94. The van der Waals surface area contributed by atoms with Gasteiger partial charge in [0.05, 0.1) is 22.8 Å². The van der Waals surface area contributed by atoms with Gasteiger partial charge in [-0.2, -0.15) is 5.10 Å². The van der Waals surface area contributed by atoms with Crippen LogP contribution in [0, 0.1) is 27.7 Å². The van der Waals surface area contributed by atoms with Gasteiger partial charge >= 0.3 is 5.97 Å². The van der Waals surface area contributed by atoms with Crippen LogP contribution in [0.3, 0.4) is 0 Å². The van der Waals surface area contributed by atoms with Crippen LogP contribution in [0.1, 0.15) is 22.5 Å². The molecule has 0 radical (unpaired) electrons. The minimum Gasteiger partial charge on any atom is -0.482 e. The molecular formula is C23H25N3O4. The van der Waals surface area contributed by atoms with Crippen molar-refractivity contribution in [3.05, 3.63) is 71.0 Å². The molecule has 1 aromatic heterocycles. The number of carbonyl (C=O) groups is 2. The first kappa shape index (κ1) is 21.1. The molecule has 0 saturated carbocycles. The average molecular weight is 407 g/mol. The van der Waals surface area contributed by atoms with E-state index in [-0.39, 0.29) is 6.61 Å². The molecule has 1 N–H and O–H groups in total. The number of amides is 1. The van der Waals surface area contributed by atoms with Gasteiger partial charge in [-0.25, -0.2) is 9.48 Å². The van der Waals surface area contributed by atoms with E-state index in [0.717, 1.165) is 22.5 Å². The maximum absolute atomic E-state index is 12.3. The van der Waals surface area contributed by atoms with Gasteiger partial charge in [0.2, 0.25) is 0 Å². The van der Waals surface area contributed by atoms with Crippen molar-refractivity contribution in [1.82, 2.24) is 9.78 Å². The number of esters is 1. The van der Waals surface area contributed by atoms with Gasteiger partial charge in [0.25, 0.3) is 5.91 Å². The number of para-hydroxylation sites is 1. The lowest BCUT2D eigenvalue weighted by atomic mass is 10.1. The highest BCUT2D eigenvalue weighted by Gasteiger charge is 2.16. The van der Waals surface area contributed by atoms with E-state index in [1.807, 2.05) is 70.2 Å².